The number of nitriles is 1. The van der Waals surface area contributed by atoms with Gasteiger partial charge in [0, 0.05) is 35.6 Å². The summed E-state index contributed by atoms with van der Waals surface area (Å²) < 4.78 is 2.17. The third-order valence-electron chi connectivity index (χ3n) is 3.19. The van der Waals surface area contributed by atoms with Crippen LogP contribution in [0.3, 0.4) is 0 Å². The summed E-state index contributed by atoms with van der Waals surface area (Å²) in [4.78, 5) is 4.14. The van der Waals surface area contributed by atoms with Crippen LogP contribution in [-0.4, -0.2) is 9.55 Å². The van der Waals surface area contributed by atoms with Crippen molar-refractivity contribution in [1.82, 2.24) is 9.55 Å². The molecule has 0 radical (unpaired) electrons. The van der Waals surface area contributed by atoms with Gasteiger partial charge in [-0.15, -0.1) is 0 Å². The van der Waals surface area contributed by atoms with Crippen LogP contribution in [0.25, 0.3) is 10.9 Å². The zero-order chi connectivity index (χ0) is 12.4. The van der Waals surface area contributed by atoms with Crippen LogP contribution < -0.4 is 5.73 Å². The number of nitrogens with zero attached hydrogens (tertiary/aromatic N) is 3. The molecule has 2 N–H and O–H groups in total. The number of hydrogen-bond acceptors (Lipinski definition) is 3. The molecule has 0 fully saturated rings. The van der Waals surface area contributed by atoms with Crippen LogP contribution in [0.15, 0.2) is 24.7 Å². The van der Waals surface area contributed by atoms with E-state index in [2.05, 4.69) is 29.5 Å². The maximum Gasteiger partial charge on any atom is 0.122 e. The van der Waals surface area contributed by atoms with E-state index in [1.54, 1.807) is 6.20 Å². The van der Waals surface area contributed by atoms with Crippen molar-refractivity contribution in [2.75, 3.05) is 0 Å². The van der Waals surface area contributed by atoms with E-state index in [9.17, 15) is 0 Å². The summed E-state index contributed by atoms with van der Waals surface area (Å²) in [7, 11) is 0. The summed E-state index contributed by atoms with van der Waals surface area (Å²) in [6.45, 7) is 4.29. The van der Waals surface area contributed by atoms with E-state index in [4.69, 9.17) is 11.0 Å². The van der Waals surface area contributed by atoms with Gasteiger partial charge in [-0.1, -0.05) is 6.92 Å². The zero-order valence-electron chi connectivity index (χ0n) is 10.1. The molecule has 0 aliphatic carbocycles. The van der Waals surface area contributed by atoms with Crippen molar-refractivity contribution in [3.8, 4) is 6.07 Å². The molecule has 2 heterocycles. The first kappa shape index (κ1) is 11.6. The van der Waals surface area contributed by atoms with Gasteiger partial charge in [-0.2, -0.15) is 5.26 Å². The normalized spacial score (nSPS) is 14.5. The van der Waals surface area contributed by atoms with Gasteiger partial charge in [0.2, 0.25) is 0 Å². The minimum Gasteiger partial charge on any atom is -0.344 e. The van der Waals surface area contributed by atoms with E-state index < -0.39 is 6.04 Å². The predicted octanol–water partition coefficient (Wildman–Crippen LogP) is 2.53. The summed E-state index contributed by atoms with van der Waals surface area (Å²) in [6.07, 6.45) is 6.57. The molecule has 0 aliphatic heterocycles. The van der Waals surface area contributed by atoms with Gasteiger partial charge in [-0.25, -0.2) is 0 Å². The molecule has 2 aromatic rings. The molecule has 0 saturated heterocycles. The molecule has 0 spiro atoms. The monoisotopic (exact) mass is 228 g/mol. The summed E-state index contributed by atoms with van der Waals surface area (Å²) in [5, 5.41) is 10.00. The summed E-state index contributed by atoms with van der Waals surface area (Å²) in [5.41, 5.74) is 7.65. The first-order chi connectivity index (χ1) is 8.19. The first-order valence-corrected chi connectivity index (χ1v) is 5.78. The Morgan fingerprint density at radius 1 is 1.53 bits per heavy atom. The van der Waals surface area contributed by atoms with E-state index in [1.807, 2.05) is 18.5 Å². The smallest absolute Gasteiger partial charge is 0.122 e. The molecule has 17 heavy (non-hydrogen) atoms. The average Bonchev–Trinajstić information content (AvgIpc) is 2.80. The van der Waals surface area contributed by atoms with Gasteiger partial charge in [0.1, 0.15) is 6.04 Å². The van der Waals surface area contributed by atoms with Crippen molar-refractivity contribution < 1.29 is 0 Å². The molecular weight excluding hydrogens is 212 g/mol. The van der Waals surface area contributed by atoms with Crippen molar-refractivity contribution in [3.63, 3.8) is 0 Å². The lowest BCUT2D eigenvalue weighted by atomic mass is 10.1. The molecule has 0 amide bonds. The lowest BCUT2D eigenvalue weighted by Crippen LogP contribution is -2.11. The van der Waals surface area contributed by atoms with E-state index in [-0.39, 0.29) is 0 Å². The molecule has 2 rings (SSSR count). The fourth-order valence-corrected chi connectivity index (χ4v) is 2.00. The Morgan fingerprint density at radius 2 is 2.29 bits per heavy atom. The van der Waals surface area contributed by atoms with Gasteiger partial charge in [-0.05, 0) is 19.4 Å². The van der Waals surface area contributed by atoms with Crippen LogP contribution in [-0.2, 0) is 0 Å². The predicted molar refractivity (Wildman–Crippen MR) is 67.3 cm³/mol. The Kier molecular flexibility index (Phi) is 3.12. The highest BCUT2D eigenvalue weighted by atomic mass is 15.0. The first-order valence-electron chi connectivity index (χ1n) is 5.78. The quantitative estimate of drug-likeness (QED) is 0.877. The fraction of sp³-hybridized carbons (Fsp3) is 0.385. The van der Waals surface area contributed by atoms with Crippen molar-refractivity contribution in [2.45, 2.75) is 32.4 Å². The van der Waals surface area contributed by atoms with Crippen molar-refractivity contribution >= 4 is 10.9 Å². The topological polar surface area (TPSA) is 67.6 Å². The Balaban J connectivity index is 2.68. The molecule has 2 aromatic heterocycles. The SMILES string of the molecule is CCC(C)n1ccc2cncc(C(N)C#N)c21. The van der Waals surface area contributed by atoms with Crippen molar-refractivity contribution in [1.29, 1.82) is 5.26 Å². The third-order valence-corrected chi connectivity index (χ3v) is 3.19. The Morgan fingerprint density at radius 3 is 2.94 bits per heavy atom. The van der Waals surface area contributed by atoms with Gasteiger partial charge in [0.15, 0.2) is 0 Å². The lowest BCUT2D eigenvalue weighted by Gasteiger charge is -2.15. The standard InChI is InChI=1S/C13H16N4/c1-3-9(2)17-5-4-10-7-16-8-11(13(10)17)12(15)6-14/h4-5,7-9,12H,3,15H2,1-2H3. The van der Waals surface area contributed by atoms with Gasteiger partial charge in [0.05, 0.1) is 11.6 Å². The maximum absolute atomic E-state index is 8.96. The Bertz CT molecular complexity index is 564. The fourth-order valence-electron chi connectivity index (χ4n) is 2.00. The van der Waals surface area contributed by atoms with Crippen molar-refractivity contribution in [3.05, 3.63) is 30.2 Å². The number of fused-ring (bicyclic) bond motifs is 1. The van der Waals surface area contributed by atoms with Gasteiger partial charge in [-0.3, -0.25) is 4.98 Å². The average molecular weight is 228 g/mol. The summed E-state index contributed by atoms with van der Waals surface area (Å²) >= 11 is 0. The highest BCUT2D eigenvalue weighted by molar-refractivity contribution is 5.83. The number of pyridine rings is 1. The largest absolute Gasteiger partial charge is 0.344 e. The van der Waals surface area contributed by atoms with E-state index in [0.29, 0.717) is 6.04 Å². The van der Waals surface area contributed by atoms with Gasteiger partial charge in [0.25, 0.3) is 0 Å². The van der Waals surface area contributed by atoms with Crippen LogP contribution in [0.4, 0.5) is 0 Å². The van der Waals surface area contributed by atoms with E-state index >= 15 is 0 Å². The molecular formula is C13H16N4. The molecule has 0 aliphatic rings. The lowest BCUT2D eigenvalue weighted by molar-refractivity contribution is 0.546. The van der Waals surface area contributed by atoms with E-state index in [1.165, 1.54) is 0 Å². The molecule has 4 nitrogen and oxygen atoms in total. The molecule has 2 unspecified atom stereocenters. The molecule has 0 bridgehead atoms. The molecule has 2 atom stereocenters. The second-order valence-corrected chi connectivity index (χ2v) is 4.25. The number of hydrogen-bond donors (Lipinski definition) is 1. The second kappa shape index (κ2) is 4.56. The van der Waals surface area contributed by atoms with Gasteiger partial charge < -0.3 is 10.3 Å². The zero-order valence-corrected chi connectivity index (χ0v) is 10.1. The number of nitrogens with two attached hydrogens (primary N) is 1. The van der Waals surface area contributed by atoms with E-state index in [0.717, 1.165) is 22.9 Å². The molecule has 0 aromatic carbocycles. The van der Waals surface area contributed by atoms with Crippen LogP contribution in [0.5, 0.6) is 0 Å². The highest BCUT2D eigenvalue weighted by Gasteiger charge is 2.15. The summed E-state index contributed by atoms with van der Waals surface area (Å²) in [5.74, 6) is 0. The number of rotatable bonds is 3. The van der Waals surface area contributed by atoms with Crippen LogP contribution in [0.2, 0.25) is 0 Å². The Hall–Kier alpha value is -1.86. The molecule has 4 heteroatoms. The van der Waals surface area contributed by atoms with Crippen LogP contribution in [0.1, 0.15) is 37.9 Å². The molecule has 88 valence electrons. The second-order valence-electron chi connectivity index (χ2n) is 4.25. The van der Waals surface area contributed by atoms with Gasteiger partial charge >= 0.3 is 0 Å². The maximum atomic E-state index is 8.96. The molecule has 0 saturated carbocycles. The minimum absolute atomic E-state index is 0.388. The van der Waals surface area contributed by atoms with Crippen LogP contribution >= 0.6 is 0 Å². The summed E-state index contributed by atoms with van der Waals surface area (Å²) in [6, 6.07) is 3.85. The number of aromatic nitrogens is 2. The Labute approximate surface area is 101 Å². The van der Waals surface area contributed by atoms with Crippen molar-refractivity contribution in [2.24, 2.45) is 5.73 Å². The third kappa shape index (κ3) is 1.90. The van der Waals surface area contributed by atoms with Crippen LogP contribution in [0, 0.1) is 11.3 Å². The minimum atomic E-state index is -0.621. The highest BCUT2D eigenvalue weighted by Crippen LogP contribution is 2.26.